The quantitative estimate of drug-likeness (QED) is 0.457. The highest BCUT2D eigenvalue weighted by atomic mass is 14.3. The Kier molecular flexibility index (Phi) is 8.02. The van der Waals surface area contributed by atoms with Gasteiger partial charge in [0.05, 0.1) is 0 Å². The van der Waals surface area contributed by atoms with Crippen LogP contribution in [0, 0.1) is 23.7 Å². The molecule has 4 unspecified atom stereocenters. The average molecular weight is 252 g/mol. The van der Waals surface area contributed by atoms with E-state index in [1.165, 1.54) is 64.2 Å². The van der Waals surface area contributed by atoms with Crippen molar-refractivity contribution in [1.29, 1.82) is 0 Å². The van der Waals surface area contributed by atoms with E-state index >= 15 is 0 Å². The maximum absolute atomic E-state index is 2.50. The largest absolute Gasteiger partial charge is 0.0654 e. The lowest BCUT2D eigenvalue weighted by Gasteiger charge is -2.23. The summed E-state index contributed by atoms with van der Waals surface area (Å²) in [5.74, 6) is 4.09. The summed E-state index contributed by atoms with van der Waals surface area (Å²) in [6, 6.07) is 0. The van der Waals surface area contributed by atoms with Gasteiger partial charge in [0.25, 0.3) is 0 Å². The van der Waals surface area contributed by atoms with Crippen LogP contribution >= 0.6 is 0 Å². The molecule has 0 saturated heterocycles. The monoisotopic (exact) mass is 252 g/mol. The Labute approximate surface area is 116 Å². The molecule has 0 aromatic heterocycles. The Morgan fingerprint density at radius 2 is 1.56 bits per heavy atom. The minimum Gasteiger partial charge on any atom is -0.0654 e. The molecule has 0 nitrogen and oxygen atoms in total. The van der Waals surface area contributed by atoms with Crippen molar-refractivity contribution < 1.29 is 0 Å². The van der Waals surface area contributed by atoms with Gasteiger partial charge in [-0.25, -0.2) is 0 Å². The highest BCUT2D eigenvalue weighted by Crippen LogP contribution is 2.39. The number of hydrogen-bond donors (Lipinski definition) is 0. The molecule has 1 aliphatic rings. The van der Waals surface area contributed by atoms with Crippen molar-refractivity contribution in [2.24, 2.45) is 23.7 Å². The smallest absolute Gasteiger partial charge is 0.0386 e. The van der Waals surface area contributed by atoms with Crippen molar-refractivity contribution in [2.75, 3.05) is 0 Å². The van der Waals surface area contributed by atoms with E-state index in [-0.39, 0.29) is 0 Å². The fourth-order valence-corrected chi connectivity index (χ4v) is 4.12. The van der Waals surface area contributed by atoms with Crippen LogP contribution in [0.25, 0.3) is 0 Å². The van der Waals surface area contributed by atoms with Crippen molar-refractivity contribution in [3.05, 3.63) is 0 Å². The second-order valence-corrected chi connectivity index (χ2v) is 6.75. The number of rotatable bonds is 7. The molecule has 0 heterocycles. The topological polar surface area (TPSA) is 0 Å². The molecule has 18 heavy (non-hydrogen) atoms. The maximum atomic E-state index is 2.50. The van der Waals surface area contributed by atoms with E-state index in [1.807, 2.05) is 0 Å². The molecule has 0 aromatic rings. The Morgan fingerprint density at radius 3 is 2.11 bits per heavy atom. The Morgan fingerprint density at radius 1 is 0.889 bits per heavy atom. The standard InChI is InChI=1S/C18H36/c1-5-8-10-18-14-13-17(15(4)9-6-2)12-11-16(18)7-3/h15-18H,5-14H2,1-4H3. The van der Waals surface area contributed by atoms with Crippen molar-refractivity contribution in [3.63, 3.8) is 0 Å². The van der Waals surface area contributed by atoms with Gasteiger partial charge in [-0.3, -0.25) is 0 Å². The predicted molar refractivity (Wildman–Crippen MR) is 82.8 cm³/mol. The van der Waals surface area contributed by atoms with Gasteiger partial charge in [-0.1, -0.05) is 66.2 Å². The highest BCUT2D eigenvalue weighted by molar-refractivity contribution is 4.79. The fourth-order valence-electron chi connectivity index (χ4n) is 4.12. The Balaban J connectivity index is 2.49. The Hall–Kier alpha value is 0. The van der Waals surface area contributed by atoms with Gasteiger partial charge >= 0.3 is 0 Å². The summed E-state index contributed by atoms with van der Waals surface area (Å²) in [4.78, 5) is 0. The molecule has 1 rings (SSSR count). The van der Waals surface area contributed by atoms with Crippen molar-refractivity contribution in [1.82, 2.24) is 0 Å². The van der Waals surface area contributed by atoms with Crippen LogP contribution in [0.2, 0.25) is 0 Å². The zero-order valence-corrected chi connectivity index (χ0v) is 13.4. The zero-order valence-electron chi connectivity index (χ0n) is 13.4. The fraction of sp³-hybridized carbons (Fsp3) is 1.00. The van der Waals surface area contributed by atoms with Gasteiger partial charge in [0.1, 0.15) is 0 Å². The molecule has 0 aliphatic heterocycles. The van der Waals surface area contributed by atoms with Crippen LogP contribution in [0.4, 0.5) is 0 Å². The molecule has 0 spiro atoms. The number of unbranched alkanes of at least 4 members (excludes halogenated alkanes) is 1. The minimum absolute atomic E-state index is 0.970. The first-order chi connectivity index (χ1) is 8.72. The van der Waals surface area contributed by atoms with Crippen molar-refractivity contribution >= 4 is 0 Å². The average Bonchev–Trinajstić information content (AvgIpc) is 2.58. The molecule has 0 heteroatoms. The molecular formula is C18H36. The molecule has 108 valence electrons. The summed E-state index contributed by atoms with van der Waals surface area (Å²) in [6.45, 7) is 9.59. The predicted octanol–water partition coefficient (Wildman–Crippen LogP) is 6.45. The lowest BCUT2D eigenvalue weighted by atomic mass is 9.82. The summed E-state index contributed by atoms with van der Waals surface area (Å²) >= 11 is 0. The first-order valence-corrected chi connectivity index (χ1v) is 8.72. The molecule has 0 N–H and O–H groups in total. The summed E-state index contributed by atoms with van der Waals surface area (Å²) in [6.07, 6.45) is 14.6. The van der Waals surface area contributed by atoms with E-state index in [0.29, 0.717) is 0 Å². The van der Waals surface area contributed by atoms with Crippen LogP contribution in [0.15, 0.2) is 0 Å². The molecular weight excluding hydrogens is 216 g/mol. The van der Waals surface area contributed by atoms with Crippen LogP contribution in [0.3, 0.4) is 0 Å². The third-order valence-electron chi connectivity index (χ3n) is 5.48. The van der Waals surface area contributed by atoms with Gasteiger partial charge in [0, 0.05) is 0 Å². The number of hydrogen-bond acceptors (Lipinski definition) is 0. The molecule has 1 saturated carbocycles. The Bertz CT molecular complexity index is 196. The molecule has 0 bridgehead atoms. The molecule has 0 radical (unpaired) electrons. The van der Waals surface area contributed by atoms with Crippen molar-refractivity contribution in [2.45, 2.75) is 91.9 Å². The normalized spacial score (nSPS) is 31.0. The van der Waals surface area contributed by atoms with E-state index in [4.69, 9.17) is 0 Å². The van der Waals surface area contributed by atoms with Gasteiger partial charge in [-0.2, -0.15) is 0 Å². The van der Waals surface area contributed by atoms with Gasteiger partial charge < -0.3 is 0 Å². The van der Waals surface area contributed by atoms with Crippen LogP contribution in [-0.2, 0) is 0 Å². The third kappa shape index (κ3) is 4.94. The third-order valence-corrected chi connectivity index (χ3v) is 5.48. The second-order valence-electron chi connectivity index (χ2n) is 6.75. The van der Waals surface area contributed by atoms with E-state index in [9.17, 15) is 0 Å². The summed E-state index contributed by atoms with van der Waals surface area (Å²) < 4.78 is 0. The molecule has 0 amide bonds. The first-order valence-electron chi connectivity index (χ1n) is 8.72. The summed E-state index contributed by atoms with van der Waals surface area (Å²) in [7, 11) is 0. The second kappa shape index (κ2) is 8.99. The van der Waals surface area contributed by atoms with Gasteiger partial charge in [0.2, 0.25) is 0 Å². The maximum Gasteiger partial charge on any atom is -0.0386 e. The molecule has 1 aliphatic carbocycles. The van der Waals surface area contributed by atoms with E-state index in [0.717, 1.165) is 23.7 Å². The molecule has 0 aromatic carbocycles. The molecule has 4 atom stereocenters. The van der Waals surface area contributed by atoms with E-state index in [1.54, 1.807) is 0 Å². The van der Waals surface area contributed by atoms with Crippen molar-refractivity contribution in [3.8, 4) is 0 Å². The van der Waals surface area contributed by atoms with Gasteiger partial charge in [0.15, 0.2) is 0 Å². The minimum atomic E-state index is 0.970. The first kappa shape index (κ1) is 16.1. The highest BCUT2D eigenvalue weighted by Gasteiger charge is 2.27. The SMILES string of the molecule is CCCCC1CCC(C(C)CCC)CCC1CC. The van der Waals surface area contributed by atoms with E-state index < -0.39 is 0 Å². The van der Waals surface area contributed by atoms with Gasteiger partial charge in [-0.15, -0.1) is 0 Å². The lowest BCUT2D eigenvalue weighted by molar-refractivity contribution is 0.280. The van der Waals surface area contributed by atoms with Crippen LogP contribution in [0.5, 0.6) is 0 Å². The van der Waals surface area contributed by atoms with Crippen LogP contribution < -0.4 is 0 Å². The van der Waals surface area contributed by atoms with Crippen LogP contribution in [-0.4, -0.2) is 0 Å². The summed E-state index contributed by atoms with van der Waals surface area (Å²) in [5, 5.41) is 0. The van der Waals surface area contributed by atoms with Crippen LogP contribution in [0.1, 0.15) is 91.9 Å². The lowest BCUT2D eigenvalue weighted by Crippen LogP contribution is -2.12. The zero-order chi connectivity index (χ0) is 13.4. The van der Waals surface area contributed by atoms with E-state index in [2.05, 4.69) is 27.7 Å². The summed E-state index contributed by atoms with van der Waals surface area (Å²) in [5.41, 5.74) is 0. The van der Waals surface area contributed by atoms with Gasteiger partial charge in [-0.05, 0) is 49.4 Å². The molecule has 1 fully saturated rings.